The van der Waals surface area contributed by atoms with Crippen molar-refractivity contribution in [1.29, 1.82) is 0 Å². The van der Waals surface area contributed by atoms with Gasteiger partial charge in [-0.3, -0.25) is 9.78 Å². The van der Waals surface area contributed by atoms with Crippen molar-refractivity contribution in [2.75, 3.05) is 23.5 Å². The average molecular weight is 253 g/mol. The van der Waals surface area contributed by atoms with Crippen LogP contribution in [-0.4, -0.2) is 35.5 Å². The van der Waals surface area contributed by atoms with E-state index in [1.54, 1.807) is 29.1 Å². The first-order valence-corrected chi connectivity index (χ1v) is 7.06. The van der Waals surface area contributed by atoms with Crippen molar-refractivity contribution in [1.82, 2.24) is 4.98 Å². The van der Waals surface area contributed by atoms with E-state index in [0.29, 0.717) is 13.0 Å². The fraction of sp³-hybridized carbons (Fsp3) is 0.500. The Morgan fingerprint density at radius 1 is 1.53 bits per heavy atom. The molecule has 0 bridgehead atoms. The normalized spacial score (nSPS) is 12.2. The summed E-state index contributed by atoms with van der Waals surface area (Å²) in [6, 6.07) is 3.22. The number of aromatic nitrogens is 1. The van der Waals surface area contributed by atoms with Crippen LogP contribution in [0.1, 0.15) is 13.3 Å². The first kappa shape index (κ1) is 14.0. The van der Waals surface area contributed by atoms with Gasteiger partial charge in [-0.15, -0.1) is 0 Å². The molecule has 0 fully saturated rings. The van der Waals surface area contributed by atoms with E-state index in [2.05, 4.69) is 4.98 Å². The highest BCUT2D eigenvalue weighted by molar-refractivity contribution is 7.98. The lowest BCUT2D eigenvalue weighted by Crippen LogP contribution is -2.44. The Kier molecular flexibility index (Phi) is 6.00. The van der Waals surface area contributed by atoms with Crippen molar-refractivity contribution in [2.24, 2.45) is 5.73 Å². The highest BCUT2D eigenvalue weighted by Gasteiger charge is 2.20. The number of likely N-dealkylation sites (N-methyl/N-ethyl adjacent to an activating group) is 1. The van der Waals surface area contributed by atoms with Crippen LogP contribution in [0.5, 0.6) is 0 Å². The molecule has 0 aliphatic rings. The second kappa shape index (κ2) is 7.29. The van der Waals surface area contributed by atoms with Crippen molar-refractivity contribution in [3.8, 4) is 0 Å². The van der Waals surface area contributed by atoms with Gasteiger partial charge in [-0.1, -0.05) is 0 Å². The Balaban J connectivity index is 2.71. The van der Waals surface area contributed by atoms with Gasteiger partial charge in [0.15, 0.2) is 0 Å². The molecule has 1 aromatic rings. The van der Waals surface area contributed by atoms with Crippen molar-refractivity contribution < 1.29 is 4.79 Å². The number of nitrogens with two attached hydrogens (primary N) is 1. The van der Waals surface area contributed by atoms with E-state index in [1.807, 2.05) is 25.3 Å². The van der Waals surface area contributed by atoms with E-state index in [1.165, 1.54) is 0 Å². The van der Waals surface area contributed by atoms with Crippen molar-refractivity contribution in [2.45, 2.75) is 19.4 Å². The Hall–Kier alpha value is -1.07. The Morgan fingerprint density at radius 3 is 2.71 bits per heavy atom. The van der Waals surface area contributed by atoms with Gasteiger partial charge in [0.05, 0.1) is 6.04 Å². The van der Waals surface area contributed by atoms with Gasteiger partial charge in [0, 0.05) is 24.6 Å². The zero-order valence-electron chi connectivity index (χ0n) is 10.3. The summed E-state index contributed by atoms with van der Waals surface area (Å²) in [6.07, 6.45) is 6.08. The molecule has 1 atom stereocenters. The molecule has 0 aliphatic heterocycles. The van der Waals surface area contributed by atoms with E-state index in [0.717, 1.165) is 11.4 Å². The van der Waals surface area contributed by atoms with Crippen LogP contribution in [0, 0.1) is 0 Å². The maximum atomic E-state index is 12.2. The molecular weight excluding hydrogens is 234 g/mol. The zero-order valence-corrected chi connectivity index (χ0v) is 11.1. The molecule has 1 amide bonds. The summed E-state index contributed by atoms with van der Waals surface area (Å²) >= 11 is 1.70. The largest absolute Gasteiger partial charge is 0.320 e. The number of carbonyl (C=O) groups is 1. The van der Waals surface area contributed by atoms with Crippen LogP contribution in [0.4, 0.5) is 5.69 Å². The monoisotopic (exact) mass is 253 g/mol. The predicted molar refractivity (Wildman–Crippen MR) is 73.2 cm³/mol. The number of pyridine rings is 1. The number of nitrogens with zero attached hydrogens (tertiary/aromatic N) is 2. The summed E-state index contributed by atoms with van der Waals surface area (Å²) in [5.41, 5.74) is 6.75. The number of anilines is 1. The highest BCUT2D eigenvalue weighted by atomic mass is 32.2. The molecule has 0 aliphatic carbocycles. The molecule has 0 saturated heterocycles. The fourth-order valence-corrected chi connectivity index (χ4v) is 2.05. The standard InChI is InChI=1S/C12H19N3OS/c1-3-15(10-4-7-14-8-5-10)12(16)11(13)6-9-17-2/h4-5,7-8,11H,3,6,9,13H2,1-2H3/t11-/m1/s1. The maximum Gasteiger partial charge on any atom is 0.243 e. The van der Waals surface area contributed by atoms with Crippen molar-refractivity contribution in [3.63, 3.8) is 0 Å². The molecule has 1 heterocycles. The minimum absolute atomic E-state index is 0.0206. The van der Waals surface area contributed by atoms with Crippen LogP contribution in [0.3, 0.4) is 0 Å². The second-order valence-electron chi connectivity index (χ2n) is 3.68. The SMILES string of the molecule is CCN(C(=O)[C@H](N)CCSC)c1ccncc1. The summed E-state index contributed by atoms with van der Waals surface area (Å²) in [5.74, 6) is 0.883. The minimum Gasteiger partial charge on any atom is -0.320 e. The molecule has 0 saturated carbocycles. The Morgan fingerprint density at radius 2 is 2.18 bits per heavy atom. The fourth-order valence-electron chi connectivity index (χ4n) is 1.56. The topological polar surface area (TPSA) is 59.2 Å². The van der Waals surface area contributed by atoms with Gasteiger partial charge in [0.2, 0.25) is 5.91 Å². The molecule has 4 nitrogen and oxygen atoms in total. The average Bonchev–Trinajstić information content (AvgIpc) is 2.38. The summed E-state index contributed by atoms with van der Waals surface area (Å²) in [4.78, 5) is 17.8. The molecule has 94 valence electrons. The van der Waals surface area contributed by atoms with Crippen molar-refractivity contribution >= 4 is 23.4 Å². The van der Waals surface area contributed by atoms with Gasteiger partial charge in [-0.05, 0) is 37.5 Å². The van der Waals surface area contributed by atoms with Gasteiger partial charge in [-0.2, -0.15) is 11.8 Å². The van der Waals surface area contributed by atoms with E-state index >= 15 is 0 Å². The number of thioether (sulfide) groups is 1. The van der Waals surface area contributed by atoms with Crippen LogP contribution in [0.15, 0.2) is 24.5 Å². The first-order chi connectivity index (χ1) is 8.20. The van der Waals surface area contributed by atoms with Gasteiger partial charge in [0.1, 0.15) is 0 Å². The van der Waals surface area contributed by atoms with E-state index < -0.39 is 6.04 Å². The molecular formula is C12H19N3OS. The molecule has 1 rings (SSSR count). The Bertz CT molecular complexity index is 345. The smallest absolute Gasteiger partial charge is 0.243 e. The van der Waals surface area contributed by atoms with Gasteiger partial charge < -0.3 is 10.6 Å². The number of hydrogen-bond donors (Lipinski definition) is 1. The third kappa shape index (κ3) is 4.02. The molecule has 0 spiro atoms. The summed E-state index contributed by atoms with van der Waals surface area (Å²) in [7, 11) is 0. The molecule has 2 N–H and O–H groups in total. The number of rotatable bonds is 6. The maximum absolute atomic E-state index is 12.2. The highest BCUT2D eigenvalue weighted by Crippen LogP contribution is 2.14. The lowest BCUT2D eigenvalue weighted by Gasteiger charge is -2.24. The second-order valence-corrected chi connectivity index (χ2v) is 4.66. The number of carbonyl (C=O) groups excluding carboxylic acids is 1. The van der Waals surface area contributed by atoms with Crippen LogP contribution in [-0.2, 0) is 4.79 Å². The quantitative estimate of drug-likeness (QED) is 0.835. The lowest BCUT2D eigenvalue weighted by molar-refractivity contribution is -0.119. The van der Waals surface area contributed by atoms with Crippen LogP contribution < -0.4 is 10.6 Å². The molecule has 17 heavy (non-hydrogen) atoms. The van der Waals surface area contributed by atoms with Crippen LogP contribution in [0.2, 0.25) is 0 Å². The summed E-state index contributed by atoms with van der Waals surface area (Å²) in [5, 5.41) is 0. The van der Waals surface area contributed by atoms with E-state index in [4.69, 9.17) is 5.73 Å². The van der Waals surface area contributed by atoms with Crippen LogP contribution in [0.25, 0.3) is 0 Å². The molecule has 0 radical (unpaired) electrons. The van der Waals surface area contributed by atoms with Crippen molar-refractivity contribution in [3.05, 3.63) is 24.5 Å². The zero-order chi connectivity index (χ0) is 12.7. The van der Waals surface area contributed by atoms with E-state index in [9.17, 15) is 4.79 Å². The van der Waals surface area contributed by atoms with Gasteiger partial charge in [-0.25, -0.2) is 0 Å². The third-order valence-electron chi connectivity index (χ3n) is 2.51. The van der Waals surface area contributed by atoms with Gasteiger partial charge >= 0.3 is 0 Å². The lowest BCUT2D eigenvalue weighted by atomic mass is 10.2. The van der Waals surface area contributed by atoms with Gasteiger partial charge in [0.25, 0.3) is 0 Å². The first-order valence-electron chi connectivity index (χ1n) is 5.66. The van der Waals surface area contributed by atoms with Crippen LogP contribution >= 0.6 is 11.8 Å². The molecule has 0 unspecified atom stereocenters. The molecule has 0 aromatic carbocycles. The number of hydrogen-bond acceptors (Lipinski definition) is 4. The van der Waals surface area contributed by atoms with E-state index in [-0.39, 0.29) is 5.91 Å². The minimum atomic E-state index is -0.421. The summed E-state index contributed by atoms with van der Waals surface area (Å²) < 4.78 is 0. The third-order valence-corrected chi connectivity index (χ3v) is 3.15. The molecule has 1 aromatic heterocycles. The Labute approximate surface area is 107 Å². The predicted octanol–water partition coefficient (Wildman–Crippen LogP) is 1.51. The molecule has 5 heteroatoms. The number of amides is 1. The summed E-state index contributed by atoms with van der Waals surface area (Å²) in [6.45, 7) is 2.56.